The SMILES string of the molecule is C[Si](C)(C)[CH]([Al]([Cl])[CH]([Si](C)(C)C)[Si](C)(C)C)[Si](C)(C)C. The van der Waals surface area contributed by atoms with E-state index in [1.807, 2.05) is 0 Å². The summed E-state index contributed by atoms with van der Waals surface area (Å²) in [6, 6.07) is 0. The van der Waals surface area contributed by atoms with Crippen LogP contribution < -0.4 is 0 Å². The molecule has 0 aromatic carbocycles. The van der Waals surface area contributed by atoms with Crippen LogP contribution in [0.25, 0.3) is 0 Å². The lowest BCUT2D eigenvalue weighted by Crippen LogP contribution is -2.59. The van der Waals surface area contributed by atoms with E-state index < -0.39 is 45.5 Å². The molecule has 0 amide bonds. The van der Waals surface area contributed by atoms with E-state index in [1.54, 1.807) is 0 Å². The van der Waals surface area contributed by atoms with Crippen LogP contribution in [0.3, 0.4) is 0 Å². The second kappa shape index (κ2) is 6.67. The second-order valence-corrected chi connectivity index (χ2v) is 39.8. The quantitative estimate of drug-likeness (QED) is 0.463. The van der Waals surface area contributed by atoms with Crippen LogP contribution in [0.4, 0.5) is 0 Å². The van der Waals surface area contributed by atoms with Crippen molar-refractivity contribution in [3.05, 3.63) is 0 Å². The lowest BCUT2D eigenvalue weighted by Gasteiger charge is -2.48. The summed E-state index contributed by atoms with van der Waals surface area (Å²) < 4.78 is 1.92. The summed E-state index contributed by atoms with van der Waals surface area (Å²) in [7, 11) is 2.75. The lowest BCUT2D eigenvalue weighted by molar-refractivity contribution is 1.33. The molecule has 0 N–H and O–H groups in total. The number of hydrogen-bond donors (Lipinski definition) is 0. The van der Waals surface area contributed by atoms with Crippen LogP contribution in [0.2, 0.25) is 86.6 Å². The largest absolute Gasteiger partial charge is 0.394 e. The molecule has 0 radical (unpaired) electrons. The van der Waals surface area contributed by atoms with Crippen molar-refractivity contribution in [1.82, 2.24) is 0 Å². The Hall–Kier alpha value is 1.69. The Kier molecular flexibility index (Phi) is 7.23. The zero-order chi connectivity index (χ0) is 16.7. The molecule has 120 valence electrons. The van der Waals surface area contributed by atoms with Crippen molar-refractivity contribution >= 4 is 55.6 Å². The molecule has 0 aliphatic heterocycles. The van der Waals surface area contributed by atoms with Gasteiger partial charge in [-0.25, -0.2) is 0 Å². The molecule has 0 saturated carbocycles. The summed E-state index contributed by atoms with van der Waals surface area (Å²) in [4.78, 5) is 0. The third kappa shape index (κ3) is 6.06. The van der Waals surface area contributed by atoms with E-state index in [1.165, 1.54) is 0 Å². The molecule has 0 rings (SSSR count). The van der Waals surface area contributed by atoms with E-state index in [-0.39, 0.29) is 0 Å². The molecule has 0 aromatic rings. The first-order chi connectivity index (χ1) is 8.40. The smallest absolute Gasteiger partial charge is 0.262 e. The van der Waals surface area contributed by atoms with Gasteiger partial charge in [0.1, 0.15) is 0 Å². The first-order valence-electron chi connectivity index (χ1n) is 8.04. The van der Waals surface area contributed by atoms with Crippen molar-refractivity contribution < 1.29 is 0 Å². The van der Waals surface area contributed by atoms with Gasteiger partial charge >= 0.3 is 13.2 Å². The van der Waals surface area contributed by atoms with Gasteiger partial charge in [0.15, 0.2) is 0 Å². The molecule has 0 fully saturated rings. The van der Waals surface area contributed by atoms with Gasteiger partial charge in [0.05, 0.1) is 0 Å². The molecule has 0 heterocycles. The first kappa shape index (κ1) is 21.7. The molecule has 0 unspecified atom stereocenters. The number of rotatable bonds is 6. The van der Waals surface area contributed by atoms with E-state index in [4.69, 9.17) is 10.0 Å². The minimum Gasteiger partial charge on any atom is -0.262 e. The summed E-state index contributed by atoms with van der Waals surface area (Å²) in [6.07, 6.45) is 0. The Morgan fingerprint density at radius 2 is 0.650 bits per heavy atom. The molecular formula is C14H38AlClSi4. The highest BCUT2D eigenvalue weighted by molar-refractivity contribution is 7.30. The maximum absolute atomic E-state index is 7.43. The van der Waals surface area contributed by atoms with Crippen LogP contribution in [0.15, 0.2) is 0 Å². The summed E-state index contributed by atoms with van der Waals surface area (Å²) >= 11 is -1.21. The average molecular weight is 381 g/mol. The van der Waals surface area contributed by atoms with Crippen LogP contribution in [-0.4, -0.2) is 45.5 Å². The maximum Gasteiger partial charge on any atom is 0.394 e. The summed E-state index contributed by atoms with van der Waals surface area (Å²) in [6.45, 7) is 30.9. The van der Waals surface area contributed by atoms with Gasteiger partial charge in [-0.05, 0) is 0 Å². The number of halogens is 1. The topological polar surface area (TPSA) is 0 Å². The predicted octanol–water partition coefficient (Wildman–Crippen LogP) is 6.47. The van der Waals surface area contributed by atoms with Gasteiger partial charge in [-0.15, -0.1) is 0 Å². The van der Waals surface area contributed by atoms with E-state index in [0.717, 1.165) is 8.05 Å². The molecule has 0 spiro atoms. The van der Waals surface area contributed by atoms with Crippen LogP contribution in [0.1, 0.15) is 0 Å². The Balaban J connectivity index is 5.81. The van der Waals surface area contributed by atoms with Crippen molar-refractivity contribution in [3.8, 4) is 0 Å². The maximum atomic E-state index is 7.43. The molecule has 0 atom stereocenters. The molecule has 0 aromatic heterocycles. The summed E-state index contributed by atoms with van der Waals surface area (Å²) in [5.74, 6) is 0. The average Bonchev–Trinajstić information content (AvgIpc) is 1.88. The van der Waals surface area contributed by atoms with Crippen LogP contribution in [0.5, 0.6) is 0 Å². The number of hydrogen-bond acceptors (Lipinski definition) is 0. The minimum atomic E-state index is -1.21. The van der Waals surface area contributed by atoms with Gasteiger partial charge < -0.3 is 0 Å². The molecule has 0 aliphatic carbocycles. The van der Waals surface area contributed by atoms with Gasteiger partial charge in [-0.3, -0.25) is 10.0 Å². The Bertz CT molecular complexity index is 260. The van der Waals surface area contributed by atoms with Gasteiger partial charge in [-0.2, -0.15) is 0 Å². The van der Waals surface area contributed by atoms with E-state index in [0.29, 0.717) is 0 Å². The first-order valence-corrected chi connectivity index (χ1v) is 25.4. The molecular weight excluding hydrogens is 343 g/mol. The Labute approximate surface area is 141 Å². The Morgan fingerprint density at radius 1 is 0.500 bits per heavy atom. The standard InChI is InChI=1S/2C7H19Si2.Al.ClH/c2*1-8(2,3)7-9(4,5)6;;/h2*7H,1-6H3;;1H/q;;+1;/p-1. The monoisotopic (exact) mass is 380 g/mol. The highest BCUT2D eigenvalue weighted by Gasteiger charge is 2.54. The normalized spacial score (nSPS) is 15.2. The van der Waals surface area contributed by atoms with E-state index >= 15 is 0 Å². The molecule has 0 bridgehead atoms. The molecule has 0 aliphatic rings. The fourth-order valence-corrected chi connectivity index (χ4v) is 59.4. The molecule has 6 heteroatoms. The van der Waals surface area contributed by atoms with Crippen molar-refractivity contribution in [2.24, 2.45) is 0 Å². The highest BCUT2D eigenvalue weighted by atomic mass is 35.6. The van der Waals surface area contributed by atoms with Crippen molar-refractivity contribution in [2.75, 3.05) is 0 Å². The fourth-order valence-electron chi connectivity index (χ4n) is 4.70. The van der Waals surface area contributed by atoms with Crippen molar-refractivity contribution in [3.63, 3.8) is 0 Å². The molecule has 0 saturated heterocycles. The Morgan fingerprint density at radius 3 is 0.750 bits per heavy atom. The van der Waals surface area contributed by atoms with Crippen LogP contribution in [0, 0.1) is 0 Å². The summed E-state index contributed by atoms with van der Waals surface area (Å²) in [5, 5.41) is 0. The fraction of sp³-hybridized carbons (Fsp3) is 1.00. The van der Waals surface area contributed by atoms with Crippen LogP contribution >= 0.6 is 10.0 Å². The molecule has 20 heavy (non-hydrogen) atoms. The van der Waals surface area contributed by atoms with Gasteiger partial charge in [0.25, 0.3) is 0 Å². The van der Waals surface area contributed by atoms with Gasteiger partial charge in [-0.1, -0.05) is 86.6 Å². The van der Waals surface area contributed by atoms with Crippen LogP contribution in [-0.2, 0) is 0 Å². The zero-order valence-corrected chi connectivity index (χ0v) is 22.0. The molecule has 0 nitrogen and oxygen atoms in total. The third-order valence-corrected chi connectivity index (χ3v) is 43.9. The predicted molar refractivity (Wildman–Crippen MR) is 112 cm³/mol. The second-order valence-electron chi connectivity index (χ2n) is 10.9. The minimum absolute atomic E-state index is 0.958. The van der Waals surface area contributed by atoms with Gasteiger partial charge in [0, 0.05) is 32.3 Å². The highest BCUT2D eigenvalue weighted by Crippen LogP contribution is 2.46. The van der Waals surface area contributed by atoms with Crippen molar-refractivity contribution in [2.45, 2.75) is 86.6 Å². The third-order valence-electron chi connectivity index (χ3n) is 4.37. The zero-order valence-electron chi connectivity index (χ0n) is 16.1. The van der Waals surface area contributed by atoms with E-state index in [9.17, 15) is 0 Å². The van der Waals surface area contributed by atoms with E-state index in [2.05, 4.69) is 78.6 Å². The summed E-state index contributed by atoms with van der Waals surface area (Å²) in [5.41, 5.74) is 0. The lowest BCUT2D eigenvalue weighted by atomic mass is 11.6. The van der Waals surface area contributed by atoms with Gasteiger partial charge in [0.2, 0.25) is 0 Å². The van der Waals surface area contributed by atoms with Crippen molar-refractivity contribution in [1.29, 1.82) is 0 Å².